The molecule has 1 aromatic heterocycles. The fourth-order valence-corrected chi connectivity index (χ4v) is 1.92. The highest BCUT2D eigenvalue weighted by Gasteiger charge is 2.21. The summed E-state index contributed by atoms with van der Waals surface area (Å²) in [5, 5.41) is 13.5. The van der Waals surface area contributed by atoms with Crippen LogP contribution in [0.15, 0.2) is 36.7 Å². The number of hydrogen-bond donors (Lipinski definition) is 3. The molecule has 0 aliphatic rings. The molecule has 0 unspecified atom stereocenters. The van der Waals surface area contributed by atoms with E-state index in [1.807, 2.05) is 0 Å². The van der Waals surface area contributed by atoms with Crippen molar-refractivity contribution >= 4 is 34.6 Å². The maximum atomic E-state index is 12.1. The number of hydrazine groups is 1. The van der Waals surface area contributed by atoms with Crippen LogP contribution >= 0.6 is 11.6 Å². The first-order valence-corrected chi connectivity index (χ1v) is 6.06. The van der Waals surface area contributed by atoms with Gasteiger partial charge in [-0.2, -0.15) is 0 Å². The van der Waals surface area contributed by atoms with Gasteiger partial charge in [-0.3, -0.25) is 25.7 Å². The third-order valence-corrected chi connectivity index (χ3v) is 2.89. The van der Waals surface area contributed by atoms with Crippen molar-refractivity contribution in [2.24, 2.45) is 5.84 Å². The molecular weight excluding hydrogens is 298 g/mol. The monoisotopic (exact) mass is 307 g/mol. The van der Waals surface area contributed by atoms with Crippen molar-refractivity contribution in [3.8, 4) is 0 Å². The lowest BCUT2D eigenvalue weighted by atomic mass is 10.1. The van der Waals surface area contributed by atoms with E-state index in [0.717, 1.165) is 6.07 Å². The van der Waals surface area contributed by atoms with Crippen LogP contribution in [0, 0.1) is 10.1 Å². The molecule has 0 saturated carbocycles. The van der Waals surface area contributed by atoms with Gasteiger partial charge in [-0.1, -0.05) is 11.6 Å². The van der Waals surface area contributed by atoms with Gasteiger partial charge in [0.15, 0.2) is 0 Å². The maximum absolute atomic E-state index is 12.1. The number of nitro groups is 1. The van der Waals surface area contributed by atoms with Crippen LogP contribution in [0.4, 0.5) is 17.1 Å². The van der Waals surface area contributed by atoms with E-state index in [0.29, 0.717) is 5.69 Å². The van der Waals surface area contributed by atoms with Crippen molar-refractivity contribution in [1.29, 1.82) is 0 Å². The zero-order chi connectivity index (χ0) is 15.4. The molecule has 0 aliphatic heterocycles. The number of carbonyl (C=O) groups excluding carboxylic acids is 1. The standard InChI is InChI=1S/C12H10ClN5O3/c13-9-4-7(5-10(18(20)21)11(9)17-14)12(19)16-8-2-1-3-15-6-8/h1-6,17H,14H2,(H,16,19). The first-order valence-electron chi connectivity index (χ1n) is 5.69. The van der Waals surface area contributed by atoms with E-state index in [1.165, 1.54) is 12.3 Å². The third kappa shape index (κ3) is 3.25. The first kappa shape index (κ1) is 14.7. The van der Waals surface area contributed by atoms with Crippen molar-refractivity contribution in [2.45, 2.75) is 0 Å². The van der Waals surface area contributed by atoms with E-state index < -0.39 is 10.8 Å². The van der Waals surface area contributed by atoms with Crippen LogP contribution in [0.2, 0.25) is 5.02 Å². The summed E-state index contributed by atoms with van der Waals surface area (Å²) >= 11 is 5.89. The molecule has 0 radical (unpaired) electrons. The highest BCUT2D eigenvalue weighted by molar-refractivity contribution is 6.34. The number of nitrogens with two attached hydrogens (primary N) is 1. The molecule has 0 spiro atoms. The van der Waals surface area contributed by atoms with Crippen molar-refractivity contribution in [3.63, 3.8) is 0 Å². The van der Waals surface area contributed by atoms with Crippen molar-refractivity contribution in [2.75, 3.05) is 10.7 Å². The predicted molar refractivity (Wildman–Crippen MR) is 78.1 cm³/mol. The summed E-state index contributed by atoms with van der Waals surface area (Å²) in [7, 11) is 0. The van der Waals surface area contributed by atoms with Gasteiger partial charge in [0.25, 0.3) is 11.6 Å². The molecular formula is C12H10ClN5O3. The van der Waals surface area contributed by atoms with Crippen LogP contribution in [0.3, 0.4) is 0 Å². The van der Waals surface area contributed by atoms with Gasteiger partial charge in [-0.05, 0) is 18.2 Å². The minimum atomic E-state index is -0.679. The van der Waals surface area contributed by atoms with Crippen LogP contribution < -0.4 is 16.6 Å². The summed E-state index contributed by atoms with van der Waals surface area (Å²) in [5.41, 5.74) is 2.20. The van der Waals surface area contributed by atoms with Gasteiger partial charge in [-0.15, -0.1) is 0 Å². The SMILES string of the molecule is NNc1c(Cl)cc(C(=O)Nc2cccnc2)cc1[N+](=O)[O-]. The molecule has 0 fully saturated rings. The van der Waals surface area contributed by atoms with E-state index >= 15 is 0 Å². The summed E-state index contributed by atoms with van der Waals surface area (Å²) in [6, 6.07) is 5.66. The summed E-state index contributed by atoms with van der Waals surface area (Å²) < 4.78 is 0. The molecule has 1 heterocycles. The largest absolute Gasteiger partial charge is 0.321 e. The Morgan fingerprint density at radius 3 is 2.76 bits per heavy atom. The lowest BCUT2D eigenvalue weighted by molar-refractivity contribution is -0.384. The fourth-order valence-electron chi connectivity index (χ4n) is 1.65. The molecule has 0 saturated heterocycles. The van der Waals surface area contributed by atoms with Crippen LogP contribution in [0.5, 0.6) is 0 Å². The number of nitro benzene ring substituents is 1. The normalized spacial score (nSPS) is 10.0. The Labute approximate surface area is 124 Å². The number of amides is 1. The van der Waals surface area contributed by atoms with E-state index in [1.54, 1.807) is 18.3 Å². The summed E-state index contributed by atoms with van der Waals surface area (Å²) in [6.07, 6.45) is 3.00. The molecule has 0 atom stereocenters. The summed E-state index contributed by atoms with van der Waals surface area (Å²) in [4.78, 5) is 26.2. The Morgan fingerprint density at radius 2 is 2.19 bits per heavy atom. The van der Waals surface area contributed by atoms with Gasteiger partial charge in [-0.25, -0.2) is 0 Å². The third-order valence-electron chi connectivity index (χ3n) is 2.59. The van der Waals surface area contributed by atoms with Gasteiger partial charge in [0.1, 0.15) is 5.69 Å². The number of pyridine rings is 1. The fraction of sp³-hybridized carbons (Fsp3) is 0. The quantitative estimate of drug-likeness (QED) is 0.452. The molecule has 8 nitrogen and oxygen atoms in total. The van der Waals surface area contributed by atoms with E-state index in [4.69, 9.17) is 17.4 Å². The van der Waals surface area contributed by atoms with Crippen LogP contribution in [0.25, 0.3) is 0 Å². The predicted octanol–water partition coefficient (Wildman–Crippen LogP) is 2.18. The Morgan fingerprint density at radius 1 is 1.43 bits per heavy atom. The average molecular weight is 308 g/mol. The Hall–Kier alpha value is -2.71. The number of halogens is 1. The number of nitrogens with zero attached hydrogens (tertiary/aromatic N) is 2. The Bertz CT molecular complexity index is 693. The lowest BCUT2D eigenvalue weighted by Crippen LogP contribution is -2.14. The summed E-state index contributed by atoms with van der Waals surface area (Å²) in [6.45, 7) is 0. The number of benzene rings is 1. The second-order valence-corrected chi connectivity index (χ2v) is 4.36. The second-order valence-electron chi connectivity index (χ2n) is 3.95. The second kappa shape index (κ2) is 6.16. The topological polar surface area (TPSA) is 123 Å². The maximum Gasteiger partial charge on any atom is 0.295 e. The van der Waals surface area contributed by atoms with E-state index in [2.05, 4.69) is 15.7 Å². The zero-order valence-electron chi connectivity index (χ0n) is 10.5. The Kier molecular flexibility index (Phi) is 4.31. The van der Waals surface area contributed by atoms with Crippen LogP contribution in [0.1, 0.15) is 10.4 Å². The number of rotatable bonds is 4. The molecule has 21 heavy (non-hydrogen) atoms. The highest BCUT2D eigenvalue weighted by Crippen LogP contribution is 2.33. The molecule has 0 aliphatic carbocycles. The van der Waals surface area contributed by atoms with Gasteiger partial charge < -0.3 is 10.7 Å². The number of carbonyl (C=O) groups is 1. The zero-order valence-corrected chi connectivity index (χ0v) is 11.3. The van der Waals surface area contributed by atoms with Crippen LogP contribution in [-0.2, 0) is 0 Å². The highest BCUT2D eigenvalue weighted by atomic mass is 35.5. The van der Waals surface area contributed by atoms with Crippen molar-refractivity contribution in [1.82, 2.24) is 4.98 Å². The van der Waals surface area contributed by atoms with Gasteiger partial charge in [0.05, 0.1) is 21.8 Å². The summed E-state index contributed by atoms with van der Waals surface area (Å²) in [5.74, 6) is 4.65. The Balaban J connectivity index is 2.36. The van der Waals surface area contributed by atoms with Crippen LogP contribution in [-0.4, -0.2) is 15.8 Å². The average Bonchev–Trinajstić information content (AvgIpc) is 2.47. The lowest BCUT2D eigenvalue weighted by Gasteiger charge is -2.08. The number of aromatic nitrogens is 1. The number of anilines is 2. The van der Waals surface area contributed by atoms with E-state index in [9.17, 15) is 14.9 Å². The molecule has 1 aromatic carbocycles. The molecule has 4 N–H and O–H groups in total. The molecule has 108 valence electrons. The molecule has 1 amide bonds. The number of hydrogen-bond acceptors (Lipinski definition) is 6. The minimum absolute atomic E-state index is 0.0250. The molecule has 0 bridgehead atoms. The number of nitrogen functional groups attached to an aromatic ring is 1. The van der Waals surface area contributed by atoms with Gasteiger partial charge in [0.2, 0.25) is 0 Å². The van der Waals surface area contributed by atoms with Gasteiger partial charge >= 0.3 is 0 Å². The van der Waals surface area contributed by atoms with Gasteiger partial charge in [0, 0.05) is 17.8 Å². The van der Waals surface area contributed by atoms with Crippen molar-refractivity contribution in [3.05, 3.63) is 57.4 Å². The minimum Gasteiger partial charge on any atom is -0.321 e. The smallest absolute Gasteiger partial charge is 0.295 e. The molecule has 9 heteroatoms. The first-order chi connectivity index (χ1) is 10.0. The molecule has 2 rings (SSSR count). The van der Waals surface area contributed by atoms with Crippen molar-refractivity contribution < 1.29 is 9.72 Å². The van der Waals surface area contributed by atoms with E-state index in [-0.39, 0.29) is 22.0 Å². The molecule has 2 aromatic rings. The number of nitrogens with one attached hydrogen (secondary N) is 2.